The van der Waals surface area contributed by atoms with Gasteiger partial charge in [0.2, 0.25) is 0 Å². The standard InChI is InChI=1S/C30H27ClN2O3/c1-2-8-25-28(35-16-15-22-18-32-20-33(22)19-21-9-4-3-5-10-21)14-13-24-26(17-29(34)36-30(24)25)23-11-6-7-12-27(23)31/h3-7,9-14,17-18,20H,2,8,15-16,19H2,1H3. The highest BCUT2D eigenvalue weighted by Crippen LogP contribution is 2.36. The highest BCUT2D eigenvalue weighted by molar-refractivity contribution is 6.33. The molecule has 3 aromatic carbocycles. The summed E-state index contributed by atoms with van der Waals surface area (Å²) in [5, 5.41) is 1.44. The minimum Gasteiger partial charge on any atom is -0.493 e. The van der Waals surface area contributed by atoms with Gasteiger partial charge in [0.1, 0.15) is 11.3 Å². The fourth-order valence-electron chi connectivity index (χ4n) is 4.53. The molecule has 36 heavy (non-hydrogen) atoms. The predicted octanol–water partition coefficient (Wildman–Crippen LogP) is 6.93. The average molecular weight is 499 g/mol. The first-order valence-corrected chi connectivity index (χ1v) is 12.5. The lowest BCUT2D eigenvalue weighted by Crippen LogP contribution is -2.09. The molecule has 0 saturated carbocycles. The minimum absolute atomic E-state index is 0.406. The molecule has 0 aliphatic carbocycles. The van der Waals surface area contributed by atoms with Gasteiger partial charge in [-0.1, -0.05) is 73.5 Å². The quantitative estimate of drug-likeness (QED) is 0.207. The van der Waals surface area contributed by atoms with E-state index in [-0.39, 0.29) is 0 Å². The normalized spacial score (nSPS) is 11.2. The van der Waals surface area contributed by atoms with Crippen molar-refractivity contribution in [2.45, 2.75) is 32.7 Å². The molecular weight excluding hydrogens is 472 g/mol. The van der Waals surface area contributed by atoms with Crippen molar-refractivity contribution in [3.63, 3.8) is 0 Å². The van der Waals surface area contributed by atoms with Gasteiger partial charge >= 0.3 is 5.63 Å². The number of aryl methyl sites for hydroxylation is 1. The van der Waals surface area contributed by atoms with E-state index >= 15 is 0 Å². The van der Waals surface area contributed by atoms with E-state index in [0.29, 0.717) is 23.6 Å². The molecule has 0 amide bonds. The Labute approximate surface area is 214 Å². The predicted molar refractivity (Wildman–Crippen MR) is 144 cm³/mol. The first kappa shape index (κ1) is 23.9. The van der Waals surface area contributed by atoms with Crippen LogP contribution in [0.4, 0.5) is 0 Å². The Morgan fingerprint density at radius 1 is 0.972 bits per heavy atom. The number of halogens is 1. The van der Waals surface area contributed by atoms with Crippen LogP contribution in [0.2, 0.25) is 5.02 Å². The molecule has 6 heteroatoms. The number of nitrogens with zero attached hydrogens (tertiary/aromatic N) is 2. The monoisotopic (exact) mass is 498 g/mol. The van der Waals surface area contributed by atoms with Crippen LogP contribution < -0.4 is 10.4 Å². The third-order valence-electron chi connectivity index (χ3n) is 6.25. The molecule has 0 unspecified atom stereocenters. The zero-order chi connectivity index (χ0) is 24.9. The zero-order valence-electron chi connectivity index (χ0n) is 20.1. The van der Waals surface area contributed by atoms with E-state index in [4.69, 9.17) is 20.8 Å². The molecule has 0 N–H and O–H groups in total. The molecule has 0 spiro atoms. The molecule has 0 saturated heterocycles. The summed E-state index contributed by atoms with van der Waals surface area (Å²) in [4.78, 5) is 16.9. The molecule has 0 aliphatic heterocycles. The minimum atomic E-state index is -0.406. The van der Waals surface area contributed by atoms with Crippen molar-refractivity contribution in [2.75, 3.05) is 6.61 Å². The number of hydrogen-bond acceptors (Lipinski definition) is 4. The summed E-state index contributed by atoms with van der Waals surface area (Å²) in [7, 11) is 0. The second kappa shape index (κ2) is 10.8. The molecule has 182 valence electrons. The van der Waals surface area contributed by atoms with E-state index in [0.717, 1.165) is 52.9 Å². The molecule has 2 heterocycles. The van der Waals surface area contributed by atoms with Crippen molar-refractivity contribution in [2.24, 2.45) is 0 Å². The van der Waals surface area contributed by atoms with Crippen molar-refractivity contribution >= 4 is 22.6 Å². The summed E-state index contributed by atoms with van der Waals surface area (Å²) >= 11 is 6.46. The number of benzene rings is 3. The largest absolute Gasteiger partial charge is 0.493 e. The number of rotatable bonds is 9. The second-order valence-electron chi connectivity index (χ2n) is 8.72. The van der Waals surface area contributed by atoms with Gasteiger partial charge in [-0.25, -0.2) is 9.78 Å². The molecule has 5 rings (SSSR count). The second-order valence-corrected chi connectivity index (χ2v) is 9.13. The lowest BCUT2D eigenvalue weighted by molar-refractivity contribution is 0.315. The van der Waals surface area contributed by atoms with Crippen molar-refractivity contribution in [3.05, 3.63) is 118 Å². The Hall–Kier alpha value is -3.83. The van der Waals surface area contributed by atoms with Crippen LogP contribution in [0.25, 0.3) is 22.1 Å². The van der Waals surface area contributed by atoms with E-state index in [1.165, 1.54) is 11.6 Å². The maximum absolute atomic E-state index is 12.6. The van der Waals surface area contributed by atoms with Crippen LogP contribution >= 0.6 is 11.6 Å². The molecule has 5 aromatic rings. The van der Waals surface area contributed by atoms with Gasteiger partial charge in [-0.05, 0) is 30.2 Å². The molecule has 5 nitrogen and oxygen atoms in total. The molecular formula is C30H27ClN2O3. The maximum atomic E-state index is 12.6. The van der Waals surface area contributed by atoms with Crippen molar-refractivity contribution in [3.8, 4) is 16.9 Å². The molecule has 2 aromatic heterocycles. The van der Waals surface area contributed by atoms with Crippen LogP contribution in [0.3, 0.4) is 0 Å². The van der Waals surface area contributed by atoms with Crippen LogP contribution in [-0.2, 0) is 19.4 Å². The molecule has 0 aliphatic rings. The Kier molecular flexibility index (Phi) is 7.19. The summed E-state index contributed by atoms with van der Waals surface area (Å²) < 4.78 is 14.1. The van der Waals surface area contributed by atoms with Crippen LogP contribution in [-0.4, -0.2) is 16.2 Å². The fraction of sp³-hybridized carbons (Fsp3) is 0.200. The van der Waals surface area contributed by atoms with Gasteiger partial charge in [0.25, 0.3) is 0 Å². The molecule has 0 fully saturated rings. The third-order valence-corrected chi connectivity index (χ3v) is 6.58. The number of ether oxygens (including phenoxy) is 1. The number of imidazole rings is 1. The van der Waals surface area contributed by atoms with Crippen LogP contribution in [0.5, 0.6) is 5.75 Å². The van der Waals surface area contributed by atoms with E-state index in [1.807, 2.05) is 67.1 Å². The Morgan fingerprint density at radius 3 is 2.58 bits per heavy atom. The Bertz CT molecular complexity index is 1540. The SMILES string of the molecule is CCCc1c(OCCc2cncn2Cc2ccccc2)ccc2c(-c3ccccc3Cl)cc(=O)oc12. The van der Waals surface area contributed by atoms with Gasteiger partial charge in [0, 0.05) is 58.0 Å². The maximum Gasteiger partial charge on any atom is 0.336 e. The van der Waals surface area contributed by atoms with Crippen LogP contribution in [0.15, 0.2) is 94.5 Å². The van der Waals surface area contributed by atoms with E-state index < -0.39 is 5.63 Å². The summed E-state index contributed by atoms with van der Waals surface area (Å²) in [5.74, 6) is 0.734. The van der Waals surface area contributed by atoms with Crippen molar-refractivity contribution in [1.82, 2.24) is 9.55 Å². The third kappa shape index (κ3) is 5.07. The smallest absolute Gasteiger partial charge is 0.336 e. The van der Waals surface area contributed by atoms with Crippen LogP contribution in [0, 0.1) is 0 Å². The lowest BCUT2D eigenvalue weighted by Gasteiger charge is -2.15. The Balaban J connectivity index is 1.42. The topological polar surface area (TPSA) is 57.3 Å². The van der Waals surface area contributed by atoms with E-state index in [1.54, 1.807) is 0 Å². The number of aromatic nitrogens is 2. The van der Waals surface area contributed by atoms with Gasteiger partial charge < -0.3 is 13.7 Å². The van der Waals surface area contributed by atoms with Gasteiger partial charge in [-0.15, -0.1) is 0 Å². The summed E-state index contributed by atoms with van der Waals surface area (Å²) in [6.07, 6.45) is 6.06. The molecule has 0 radical (unpaired) electrons. The zero-order valence-corrected chi connectivity index (χ0v) is 20.9. The highest BCUT2D eigenvalue weighted by Gasteiger charge is 2.17. The first-order chi connectivity index (χ1) is 17.6. The average Bonchev–Trinajstić information content (AvgIpc) is 3.32. The lowest BCUT2D eigenvalue weighted by atomic mass is 9.98. The highest BCUT2D eigenvalue weighted by atomic mass is 35.5. The summed E-state index contributed by atoms with van der Waals surface area (Å²) in [6.45, 7) is 3.35. The molecule has 0 bridgehead atoms. The van der Waals surface area contributed by atoms with Crippen molar-refractivity contribution in [1.29, 1.82) is 0 Å². The van der Waals surface area contributed by atoms with Crippen LogP contribution in [0.1, 0.15) is 30.2 Å². The van der Waals surface area contributed by atoms with E-state index in [2.05, 4.69) is 28.6 Å². The summed E-state index contributed by atoms with van der Waals surface area (Å²) in [5.41, 5.74) is 4.95. The van der Waals surface area contributed by atoms with Gasteiger partial charge in [0.15, 0.2) is 0 Å². The fourth-order valence-corrected chi connectivity index (χ4v) is 4.77. The molecule has 0 atom stereocenters. The summed E-state index contributed by atoms with van der Waals surface area (Å²) in [6, 6.07) is 23.3. The van der Waals surface area contributed by atoms with Gasteiger partial charge in [-0.3, -0.25) is 0 Å². The van der Waals surface area contributed by atoms with Gasteiger partial charge in [-0.2, -0.15) is 0 Å². The first-order valence-electron chi connectivity index (χ1n) is 12.1. The van der Waals surface area contributed by atoms with Gasteiger partial charge in [0.05, 0.1) is 12.9 Å². The van der Waals surface area contributed by atoms with E-state index in [9.17, 15) is 4.79 Å². The number of hydrogen-bond donors (Lipinski definition) is 0. The van der Waals surface area contributed by atoms with Crippen molar-refractivity contribution < 1.29 is 9.15 Å². The number of fused-ring (bicyclic) bond motifs is 1. The Morgan fingerprint density at radius 2 is 1.78 bits per heavy atom.